The van der Waals surface area contributed by atoms with Gasteiger partial charge < -0.3 is 19.6 Å². The molecule has 6 nitrogen and oxygen atoms in total. The third-order valence-electron chi connectivity index (χ3n) is 9.56. The van der Waals surface area contributed by atoms with E-state index in [1.165, 1.54) is 24.5 Å². The van der Waals surface area contributed by atoms with E-state index >= 15 is 0 Å². The average molecular weight is 567 g/mol. The van der Waals surface area contributed by atoms with Crippen LogP contribution < -0.4 is 9.64 Å². The van der Waals surface area contributed by atoms with E-state index in [4.69, 9.17) is 16.3 Å². The van der Waals surface area contributed by atoms with Crippen molar-refractivity contribution in [2.75, 3.05) is 38.2 Å². The normalized spacial score (nSPS) is 28.0. The molecule has 1 N–H and O–H groups in total. The molecule has 0 aromatic heterocycles. The van der Waals surface area contributed by atoms with Crippen LogP contribution in [0.15, 0.2) is 36.4 Å². The largest absolute Gasteiger partial charge is 0.490 e. The van der Waals surface area contributed by atoms with Crippen LogP contribution >= 0.6 is 11.6 Å². The Kier molecular flexibility index (Phi) is 8.49. The van der Waals surface area contributed by atoms with Crippen LogP contribution in [0.25, 0.3) is 0 Å². The third-order valence-corrected chi connectivity index (χ3v) is 9.79. The van der Waals surface area contributed by atoms with E-state index in [0.717, 1.165) is 80.9 Å². The van der Waals surface area contributed by atoms with Crippen LogP contribution in [-0.2, 0) is 27.0 Å². The van der Waals surface area contributed by atoms with E-state index < -0.39 is 17.3 Å². The van der Waals surface area contributed by atoms with Gasteiger partial charge in [0, 0.05) is 37.1 Å². The molecule has 7 heteroatoms. The van der Waals surface area contributed by atoms with Crippen molar-refractivity contribution in [3.8, 4) is 5.75 Å². The van der Waals surface area contributed by atoms with E-state index in [-0.39, 0.29) is 11.3 Å². The lowest BCUT2D eigenvalue weighted by Crippen LogP contribution is -2.48. The molecule has 2 aromatic rings. The smallest absolute Gasteiger partial charge is 0.228 e. The number of Topliss-reactive ketones (excluding diaryl/α,β-unsaturated/α-hetero) is 1. The monoisotopic (exact) mass is 566 g/mol. The highest BCUT2D eigenvalue weighted by molar-refractivity contribution is 6.30. The van der Waals surface area contributed by atoms with Crippen molar-refractivity contribution in [3.63, 3.8) is 0 Å². The van der Waals surface area contributed by atoms with E-state index in [9.17, 15) is 14.7 Å². The summed E-state index contributed by atoms with van der Waals surface area (Å²) in [5.74, 6) is -0.810. The summed E-state index contributed by atoms with van der Waals surface area (Å²) in [7, 11) is 1.77. The Labute approximate surface area is 243 Å². The quantitative estimate of drug-likeness (QED) is 0.456. The minimum absolute atomic E-state index is 0.180. The molecule has 0 saturated heterocycles. The number of ether oxygens (including phenoxy) is 1. The van der Waals surface area contributed by atoms with Crippen LogP contribution in [-0.4, -0.2) is 55.0 Å². The second-order valence-electron chi connectivity index (χ2n) is 12.3. The van der Waals surface area contributed by atoms with E-state index in [1.54, 1.807) is 24.9 Å². The van der Waals surface area contributed by atoms with Gasteiger partial charge in [-0.1, -0.05) is 56.3 Å². The number of benzene rings is 2. The molecule has 0 fully saturated rings. The number of ketones is 1. The van der Waals surface area contributed by atoms with Crippen molar-refractivity contribution >= 4 is 29.0 Å². The van der Waals surface area contributed by atoms with Gasteiger partial charge in [-0.3, -0.25) is 9.59 Å². The van der Waals surface area contributed by atoms with Gasteiger partial charge in [-0.05, 0) is 80.0 Å². The predicted molar refractivity (Wildman–Crippen MR) is 159 cm³/mol. The minimum Gasteiger partial charge on any atom is -0.490 e. The van der Waals surface area contributed by atoms with Gasteiger partial charge in [-0.25, -0.2) is 0 Å². The van der Waals surface area contributed by atoms with Gasteiger partial charge >= 0.3 is 0 Å². The zero-order chi connectivity index (χ0) is 28.5. The van der Waals surface area contributed by atoms with Gasteiger partial charge in [0.15, 0.2) is 11.4 Å². The maximum atomic E-state index is 13.4. The molecule has 2 heterocycles. The second-order valence-corrected chi connectivity index (χ2v) is 12.7. The van der Waals surface area contributed by atoms with Crippen LogP contribution in [0.1, 0.15) is 81.9 Å². The maximum Gasteiger partial charge on any atom is 0.228 e. The topological polar surface area (TPSA) is 70.1 Å². The van der Waals surface area contributed by atoms with Crippen LogP contribution in [0.2, 0.25) is 5.02 Å². The molecular weight excluding hydrogens is 524 g/mol. The summed E-state index contributed by atoms with van der Waals surface area (Å²) in [5, 5.41) is 12.7. The van der Waals surface area contributed by atoms with Crippen molar-refractivity contribution in [1.29, 1.82) is 0 Å². The summed E-state index contributed by atoms with van der Waals surface area (Å²) >= 11 is 6.39. The molecule has 0 saturated carbocycles. The standard InChI is InChI=1S/C33H43ClN2O4/c1-23-31(38)35(3)17-8-6-4-5-7-9-18-36-21-32(16-10-11-25-19-27(34)13-14-28(25)32)22-40-30-15-12-26(20-29(30)36)33(23,39)24(2)37/h12-15,19-20,23,39H,4-11,16-18,21-22H2,1-3H3/t23-,32-,33-/m0/s1. The molecule has 3 aliphatic rings. The molecule has 1 amide bonds. The highest BCUT2D eigenvalue weighted by Gasteiger charge is 2.47. The Morgan fingerprint density at radius 1 is 1.02 bits per heavy atom. The van der Waals surface area contributed by atoms with Crippen LogP contribution in [0.5, 0.6) is 5.75 Å². The van der Waals surface area contributed by atoms with Gasteiger partial charge in [-0.15, -0.1) is 0 Å². The molecule has 1 spiro atoms. The van der Waals surface area contributed by atoms with Crippen molar-refractivity contribution in [2.24, 2.45) is 5.92 Å². The van der Waals surface area contributed by atoms with E-state index in [2.05, 4.69) is 17.0 Å². The summed E-state index contributed by atoms with van der Waals surface area (Å²) < 4.78 is 6.57. The van der Waals surface area contributed by atoms with Gasteiger partial charge in [-0.2, -0.15) is 0 Å². The molecule has 0 radical (unpaired) electrons. The van der Waals surface area contributed by atoms with Gasteiger partial charge in [0.05, 0.1) is 18.2 Å². The number of hydrogen-bond donors (Lipinski definition) is 1. The van der Waals surface area contributed by atoms with Crippen LogP contribution in [0.3, 0.4) is 0 Å². The van der Waals surface area contributed by atoms with Gasteiger partial charge in [0.2, 0.25) is 5.91 Å². The number of amides is 1. The van der Waals surface area contributed by atoms with Crippen LogP contribution in [0.4, 0.5) is 5.69 Å². The first kappa shape index (κ1) is 28.9. The fraction of sp³-hybridized carbons (Fsp3) is 0.576. The molecule has 2 bridgehead atoms. The number of anilines is 1. The summed E-state index contributed by atoms with van der Waals surface area (Å²) in [6.07, 6.45) is 9.58. The molecule has 5 rings (SSSR count). The van der Waals surface area contributed by atoms with Crippen molar-refractivity contribution in [3.05, 3.63) is 58.1 Å². The first-order valence-corrected chi connectivity index (χ1v) is 15.3. The molecule has 1 aliphatic carbocycles. The molecule has 216 valence electrons. The number of aliphatic hydroxyl groups is 1. The fourth-order valence-corrected chi connectivity index (χ4v) is 7.32. The Morgan fingerprint density at radius 2 is 1.75 bits per heavy atom. The van der Waals surface area contributed by atoms with Crippen molar-refractivity contribution in [1.82, 2.24) is 4.90 Å². The number of nitrogens with zero attached hydrogens (tertiary/aromatic N) is 2. The molecule has 2 aliphatic heterocycles. The first-order valence-electron chi connectivity index (χ1n) is 15.0. The molecular formula is C33H43ClN2O4. The molecule has 40 heavy (non-hydrogen) atoms. The van der Waals surface area contributed by atoms with Crippen LogP contribution in [0, 0.1) is 5.92 Å². The van der Waals surface area contributed by atoms with Crippen molar-refractivity contribution in [2.45, 2.75) is 82.7 Å². The molecule has 2 aromatic carbocycles. The van der Waals surface area contributed by atoms with Gasteiger partial charge in [0.1, 0.15) is 5.75 Å². The zero-order valence-corrected chi connectivity index (χ0v) is 24.9. The Hall–Kier alpha value is -2.57. The number of aryl methyl sites for hydroxylation is 1. The highest BCUT2D eigenvalue weighted by Crippen LogP contribution is 2.46. The number of fused-ring (bicyclic) bond motifs is 3. The molecule has 0 unspecified atom stereocenters. The van der Waals surface area contributed by atoms with Crippen molar-refractivity contribution < 1.29 is 19.4 Å². The zero-order valence-electron chi connectivity index (χ0n) is 24.2. The first-order chi connectivity index (χ1) is 19.2. The lowest BCUT2D eigenvalue weighted by Gasteiger charge is -2.41. The third kappa shape index (κ3) is 5.37. The average Bonchev–Trinajstić information content (AvgIpc) is 3.09. The second kappa shape index (κ2) is 11.7. The summed E-state index contributed by atoms with van der Waals surface area (Å²) in [4.78, 5) is 30.6. The molecule has 3 atom stereocenters. The number of carbonyl (C=O) groups is 2. The summed E-state index contributed by atoms with van der Waals surface area (Å²) in [6, 6.07) is 11.8. The van der Waals surface area contributed by atoms with E-state index in [1.807, 2.05) is 18.2 Å². The summed E-state index contributed by atoms with van der Waals surface area (Å²) in [6.45, 7) is 5.87. The summed E-state index contributed by atoms with van der Waals surface area (Å²) in [5.41, 5.74) is 1.83. The number of hydrogen-bond acceptors (Lipinski definition) is 5. The maximum absolute atomic E-state index is 13.4. The fourth-order valence-electron chi connectivity index (χ4n) is 7.12. The number of halogens is 1. The Morgan fingerprint density at radius 3 is 2.50 bits per heavy atom. The predicted octanol–water partition coefficient (Wildman–Crippen LogP) is 6.04. The SMILES string of the molecule is CC(=O)[C@]1(O)c2ccc3c(c2)N(CCCCCCCCN(C)C(=O)[C@@H]1C)C[C@@]1(CCCc2cc(Cl)ccc21)CO3. The number of rotatable bonds is 1. The van der Waals surface area contributed by atoms with E-state index in [0.29, 0.717) is 18.7 Å². The van der Waals surface area contributed by atoms with Gasteiger partial charge in [0.25, 0.3) is 0 Å². The Bertz CT molecular complexity index is 1270. The number of carbonyl (C=O) groups excluding carboxylic acids is 2. The Balaban J connectivity index is 1.59. The lowest BCUT2D eigenvalue weighted by molar-refractivity contribution is -0.155. The highest BCUT2D eigenvalue weighted by atomic mass is 35.5. The minimum atomic E-state index is -1.93. The lowest BCUT2D eigenvalue weighted by atomic mass is 9.70.